The Morgan fingerprint density at radius 2 is 1.64 bits per heavy atom. The van der Waals surface area contributed by atoms with E-state index in [9.17, 15) is 0 Å². The van der Waals surface area contributed by atoms with E-state index in [1.54, 1.807) is 0 Å². The fourth-order valence-corrected chi connectivity index (χ4v) is 1.06. The summed E-state index contributed by atoms with van der Waals surface area (Å²) in [4.78, 5) is 0. The Kier molecular flexibility index (Phi) is 6.98. The third-order valence-corrected chi connectivity index (χ3v) is 1.74. The monoisotopic (exact) mass is 208 g/mol. The van der Waals surface area contributed by atoms with E-state index in [1.165, 1.54) is 6.92 Å². The molecule has 0 amide bonds. The van der Waals surface area contributed by atoms with E-state index in [0.717, 1.165) is 19.3 Å². The molecule has 0 radical (unpaired) electrons. The summed E-state index contributed by atoms with van der Waals surface area (Å²) >= 11 is 0. The van der Waals surface area contributed by atoms with Gasteiger partial charge in [0.25, 0.3) is 0 Å². The average Bonchev–Trinajstić information content (AvgIpc) is 2.00. The highest BCUT2D eigenvalue weighted by Crippen LogP contribution is 2.00. The molecule has 86 valence electrons. The Hall–Kier alpha value is -0.240. The maximum Gasteiger partial charge on any atom is 0.219 e. The van der Waals surface area contributed by atoms with Gasteiger partial charge in [-0.05, 0) is 12.8 Å². The first kappa shape index (κ1) is 13.8. The van der Waals surface area contributed by atoms with Gasteiger partial charge in [0.05, 0.1) is 6.54 Å². The van der Waals surface area contributed by atoms with Crippen molar-refractivity contribution < 1.29 is 20.6 Å². The highest BCUT2D eigenvalue weighted by molar-refractivity contribution is 4.54. The molecule has 0 atom stereocenters. The van der Waals surface area contributed by atoms with Crippen LogP contribution < -0.4 is 5.32 Å². The molecule has 0 saturated heterocycles. The van der Waals surface area contributed by atoms with Gasteiger partial charge >= 0.3 is 0 Å². The average molecular weight is 208 g/mol. The molecular weight excluding hydrogens is 188 g/mol. The summed E-state index contributed by atoms with van der Waals surface area (Å²) in [7, 11) is 0. The zero-order chi connectivity index (χ0) is 11.0. The van der Waals surface area contributed by atoms with E-state index in [0.29, 0.717) is 13.0 Å². The lowest BCUT2D eigenvalue weighted by Gasteiger charge is -2.17. The third kappa shape index (κ3) is 11.8. The molecule has 0 spiro atoms. The number of unbranched alkanes of at least 4 members (excludes halogenated alkanes) is 3. The Morgan fingerprint density at radius 1 is 1.07 bits per heavy atom. The maximum atomic E-state index is 8.86. The second kappa shape index (κ2) is 7.10. The van der Waals surface area contributed by atoms with Crippen LogP contribution in [0, 0.1) is 0 Å². The first-order valence-corrected chi connectivity index (χ1v) is 4.77. The topological polar surface area (TPSA) is 96.2 Å². The van der Waals surface area contributed by atoms with Gasteiger partial charge in [-0.1, -0.05) is 18.1 Å². The second-order valence-electron chi connectivity index (χ2n) is 3.46. The summed E-state index contributed by atoms with van der Waals surface area (Å²) in [5, 5.41) is 37.2. The molecule has 14 heavy (non-hydrogen) atoms. The summed E-state index contributed by atoms with van der Waals surface area (Å²) in [5.74, 6) is -1.80. The molecular formula is C8H20N2O4. The summed E-state index contributed by atoms with van der Waals surface area (Å²) in [6, 6.07) is 0. The number of hydroxylamine groups is 2. The van der Waals surface area contributed by atoms with E-state index >= 15 is 0 Å². The number of nitrogens with one attached hydrogen (secondary N) is 1. The van der Waals surface area contributed by atoms with Crippen molar-refractivity contribution in [3.05, 3.63) is 0 Å². The lowest BCUT2D eigenvalue weighted by atomic mass is 10.2. The summed E-state index contributed by atoms with van der Waals surface area (Å²) in [6.45, 7) is 2.04. The highest BCUT2D eigenvalue weighted by atomic mass is 16.8. The molecule has 0 aromatic heterocycles. The van der Waals surface area contributed by atoms with Gasteiger partial charge in [0.1, 0.15) is 0 Å². The minimum Gasteiger partial charge on any atom is -0.354 e. The van der Waals surface area contributed by atoms with E-state index in [-0.39, 0.29) is 11.8 Å². The van der Waals surface area contributed by atoms with Crippen LogP contribution in [-0.4, -0.2) is 44.9 Å². The van der Waals surface area contributed by atoms with Gasteiger partial charge in [-0.25, -0.2) is 0 Å². The molecule has 0 aliphatic heterocycles. The standard InChI is InChI=1S/C8H20N2O4/c1-8(11,12)9-6-4-2-3-5-7-10(13)14/h9,11-14H,2-7H2,1H3. The number of hydrogen-bond acceptors (Lipinski definition) is 6. The molecule has 0 aromatic carbocycles. The van der Waals surface area contributed by atoms with Gasteiger partial charge in [-0.15, -0.1) is 0 Å². The van der Waals surface area contributed by atoms with Crippen molar-refractivity contribution in [3.63, 3.8) is 0 Å². The Balaban J connectivity index is 3.07. The Labute approximate surface area is 83.7 Å². The van der Waals surface area contributed by atoms with Crippen LogP contribution in [0.2, 0.25) is 0 Å². The van der Waals surface area contributed by atoms with Crippen LogP contribution in [-0.2, 0) is 0 Å². The van der Waals surface area contributed by atoms with Crippen molar-refractivity contribution in [2.45, 2.75) is 38.5 Å². The smallest absolute Gasteiger partial charge is 0.219 e. The predicted octanol–water partition coefficient (Wildman–Crippen LogP) is -0.125. The minimum atomic E-state index is -1.80. The molecule has 0 heterocycles. The quantitative estimate of drug-likeness (QED) is 0.217. The fourth-order valence-electron chi connectivity index (χ4n) is 1.06. The third-order valence-electron chi connectivity index (χ3n) is 1.74. The van der Waals surface area contributed by atoms with Crippen LogP contribution in [0.25, 0.3) is 0 Å². The second-order valence-corrected chi connectivity index (χ2v) is 3.46. The van der Waals surface area contributed by atoms with Crippen LogP contribution in [0.4, 0.5) is 0 Å². The SMILES string of the molecule is CC(O)(O)NCCCCCCN(O)O. The van der Waals surface area contributed by atoms with Crippen LogP contribution in [0.3, 0.4) is 0 Å². The molecule has 0 aromatic rings. The van der Waals surface area contributed by atoms with Gasteiger partial charge in [-0.2, -0.15) is 0 Å². The molecule has 0 saturated carbocycles. The Morgan fingerprint density at radius 3 is 2.14 bits per heavy atom. The summed E-state index contributed by atoms with van der Waals surface area (Å²) in [6.07, 6.45) is 3.33. The maximum absolute atomic E-state index is 8.86. The molecule has 6 heteroatoms. The fraction of sp³-hybridized carbons (Fsp3) is 1.00. The van der Waals surface area contributed by atoms with E-state index < -0.39 is 5.91 Å². The van der Waals surface area contributed by atoms with Crippen molar-refractivity contribution in [1.82, 2.24) is 10.5 Å². The normalized spacial score (nSPS) is 12.4. The van der Waals surface area contributed by atoms with Crippen molar-refractivity contribution in [3.8, 4) is 0 Å². The van der Waals surface area contributed by atoms with Crippen molar-refractivity contribution in [2.24, 2.45) is 0 Å². The van der Waals surface area contributed by atoms with Crippen molar-refractivity contribution in [2.75, 3.05) is 13.1 Å². The van der Waals surface area contributed by atoms with E-state index in [4.69, 9.17) is 20.6 Å². The van der Waals surface area contributed by atoms with Crippen LogP contribution in [0.15, 0.2) is 0 Å². The molecule has 0 rings (SSSR count). The largest absolute Gasteiger partial charge is 0.354 e. The van der Waals surface area contributed by atoms with Gasteiger partial charge in [0.15, 0.2) is 0 Å². The zero-order valence-corrected chi connectivity index (χ0v) is 8.48. The molecule has 0 fully saturated rings. The number of nitrogens with zero attached hydrogens (tertiary/aromatic N) is 1. The van der Waals surface area contributed by atoms with Crippen LogP contribution in [0.1, 0.15) is 32.6 Å². The molecule has 5 N–H and O–H groups in total. The van der Waals surface area contributed by atoms with Crippen molar-refractivity contribution in [1.29, 1.82) is 0 Å². The minimum absolute atomic E-state index is 0.177. The number of aliphatic hydroxyl groups is 2. The van der Waals surface area contributed by atoms with Crippen molar-refractivity contribution >= 4 is 0 Å². The Bertz CT molecular complexity index is 136. The summed E-state index contributed by atoms with van der Waals surface area (Å²) < 4.78 is 0. The lowest BCUT2D eigenvalue weighted by Crippen LogP contribution is -2.42. The molecule has 0 aliphatic carbocycles. The zero-order valence-electron chi connectivity index (χ0n) is 8.48. The van der Waals surface area contributed by atoms with Crippen LogP contribution >= 0.6 is 0 Å². The number of rotatable bonds is 8. The van der Waals surface area contributed by atoms with Gasteiger partial charge in [-0.3, -0.25) is 15.7 Å². The molecule has 6 nitrogen and oxygen atoms in total. The van der Waals surface area contributed by atoms with Crippen LogP contribution in [0.5, 0.6) is 0 Å². The first-order valence-electron chi connectivity index (χ1n) is 4.77. The van der Waals surface area contributed by atoms with E-state index in [1.807, 2.05) is 0 Å². The lowest BCUT2D eigenvalue weighted by molar-refractivity contribution is -0.306. The summed E-state index contributed by atoms with van der Waals surface area (Å²) in [5.41, 5.74) is 0. The molecule has 0 aliphatic rings. The van der Waals surface area contributed by atoms with Gasteiger partial charge in [0.2, 0.25) is 5.91 Å². The van der Waals surface area contributed by atoms with Gasteiger partial charge < -0.3 is 10.2 Å². The predicted molar refractivity (Wildman–Crippen MR) is 49.6 cm³/mol. The highest BCUT2D eigenvalue weighted by Gasteiger charge is 2.11. The van der Waals surface area contributed by atoms with E-state index in [2.05, 4.69) is 5.32 Å². The first-order chi connectivity index (χ1) is 6.42. The molecule has 0 unspecified atom stereocenters. The van der Waals surface area contributed by atoms with Gasteiger partial charge in [0, 0.05) is 13.5 Å². The number of hydrogen-bond donors (Lipinski definition) is 5. The molecule has 0 bridgehead atoms.